The molecule has 19 heteroatoms. The van der Waals surface area contributed by atoms with Gasteiger partial charge < -0.3 is 61.5 Å². The molecule has 52 heavy (non-hydrogen) atoms. The van der Waals surface area contributed by atoms with Crippen LogP contribution >= 0.6 is 0 Å². The lowest BCUT2D eigenvalue weighted by Crippen LogP contribution is -2.59. The Morgan fingerprint density at radius 3 is 1.00 bits per heavy atom. The number of amides is 6. The minimum absolute atomic E-state index is 0.0107. The molecule has 0 bridgehead atoms. The number of esters is 4. The van der Waals surface area contributed by atoms with Crippen LogP contribution in [-0.2, 0) is 38.1 Å². The molecule has 0 aliphatic heterocycles. The first kappa shape index (κ1) is 46.6. The van der Waals surface area contributed by atoms with E-state index in [2.05, 4.69) is 68.9 Å². The third-order valence-electron chi connectivity index (χ3n) is 6.39. The van der Waals surface area contributed by atoms with Gasteiger partial charge in [0.25, 0.3) is 0 Å². The van der Waals surface area contributed by atoms with Crippen LogP contribution in [0.2, 0.25) is 0 Å². The summed E-state index contributed by atoms with van der Waals surface area (Å²) in [6.07, 6.45) is 0. The number of rotatable bonds is 26. The SMILES string of the molecule is C=C(C)C(=O)OCCNCNCC(CNC(=O)NCCOC(=O)C(=C)C)(CNC(=O)NCCOC(=O)C(=C)C)CNC(=O)NCCOC(=O)C(=C)C. The second-order valence-electron chi connectivity index (χ2n) is 11.6. The Balaban J connectivity index is 5.65. The van der Waals surface area contributed by atoms with Crippen LogP contribution in [0.25, 0.3) is 0 Å². The van der Waals surface area contributed by atoms with E-state index >= 15 is 0 Å². The van der Waals surface area contributed by atoms with Gasteiger partial charge in [-0.1, -0.05) is 26.3 Å². The Morgan fingerprint density at radius 1 is 0.423 bits per heavy atom. The predicted octanol–water partition coefficient (Wildman–Crippen LogP) is -0.516. The van der Waals surface area contributed by atoms with Gasteiger partial charge in [-0.3, -0.25) is 0 Å². The Morgan fingerprint density at radius 2 is 0.712 bits per heavy atom. The van der Waals surface area contributed by atoms with Gasteiger partial charge in [0, 0.05) is 67.1 Å². The first-order valence-corrected chi connectivity index (χ1v) is 16.3. The molecular weight excluding hydrogens is 684 g/mol. The molecule has 0 aromatic rings. The fraction of sp³-hybridized carbons (Fsp3) is 0.545. The molecule has 0 aliphatic carbocycles. The summed E-state index contributed by atoms with van der Waals surface area (Å²) in [6.45, 7) is 20.0. The average molecular weight is 739 g/mol. The molecule has 19 nitrogen and oxygen atoms in total. The van der Waals surface area contributed by atoms with E-state index in [1.807, 2.05) is 0 Å². The monoisotopic (exact) mass is 738 g/mol. The number of hydrogen-bond acceptors (Lipinski definition) is 13. The van der Waals surface area contributed by atoms with Crippen molar-refractivity contribution in [3.63, 3.8) is 0 Å². The molecule has 8 N–H and O–H groups in total. The third-order valence-corrected chi connectivity index (χ3v) is 6.39. The van der Waals surface area contributed by atoms with Crippen molar-refractivity contribution in [2.45, 2.75) is 27.7 Å². The number of carbonyl (C=O) groups excluding carboxylic acids is 7. The molecule has 0 aromatic carbocycles. The average Bonchev–Trinajstić information content (AvgIpc) is 3.09. The highest BCUT2D eigenvalue weighted by Gasteiger charge is 2.32. The zero-order chi connectivity index (χ0) is 39.5. The van der Waals surface area contributed by atoms with Gasteiger partial charge in [0.1, 0.15) is 26.4 Å². The van der Waals surface area contributed by atoms with Crippen molar-refractivity contribution in [1.29, 1.82) is 0 Å². The van der Waals surface area contributed by atoms with Crippen LogP contribution in [0.15, 0.2) is 48.6 Å². The number of nitrogens with one attached hydrogen (secondary N) is 8. The van der Waals surface area contributed by atoms with Crippen LogP contribution < -0.4 is 42.5 Å². The molecule has 0 saturated carbocycles. The first-order chi connectivity index (χ1) is 24.5. The van der Waals surface area contributed by atoms with Crippen LogP contribution in [-0.4, -0.2) is 127 Å². The summed E-state index contributed by atoms with van der Waals surface area (Å²) in [7, 11) is 0. The molecule has 0 saturated heterocycles. The maximum Gasteiger partial charge on any atom is 0.333 e. The fourth-order valence-corrected chi connectivity index (χ4v) is 3.50. The molecule has 0 spiro atoms. The molecule has 0 heterocycles. The highest BCUT2D eigenvalue weighted by Crippen LogP contribution is 2.13. The highest BCUT2D eigenvalue weighted by molar-refractivity contribution is 5.88. The summed E-state index contributed by atoms with van der Waals surface area (Å²) in [5.41, 5.74) is -0.194. The second-order valence-corrected chi connectivity index (χ2v) is 11.6. The fourth-order valence-electron chi connectivity index (χ4n) is 3.50. The number of carbonyl (C=O) groups is 7. The van der Waals surface area contributed by atoms with Gasteiger partial charge in [-0.15, -0.1) is 0 Å². The van der Waals surface area contributed by atoms with E-state index in [0.29, 0.717) is 6.54 Å². The molecule has 292 valence electrons. The smallest absolute Gasteiger partial charge is 0.333 e. The van der Waals surface area contributed by atoms with Gasteiger partial charge in [-0.05, 0) is 27.7 Å². The number of hydrogen-bond donors (Lipinski definition) is 8. The molecule has 0 atom stereocenters. The van der Waals surface area contributed by atoms with E-state index in [9.17, 15) is 33.6 Å². The number of urea groups is 3. The van der Waals surface area contributed by atoms with E-state index in [1.54, 1.807) is 0 Å². The number of ether oxygens (including phenoxy) is 4. The topological polar surface area (TPSA) is 253 Å². The summed E-state index contributed by atoms with van der Waals surface area (Å²) in [5.74, 6) is -2.34. The maximum atomic E-state index is 12.7. The van der Waals surface area contributed by atoms with E-state index in [0.717, 1.165) is 0 Å². The van der Waals surface area contributed by atoms with E-state index in [1.165, 1.54) is 27.7 Å². The minimum Gasteiger partial charge on any atom is -0.461 e. The van der Waals surface area contributed by atoms with Crippen LogP contribution in [0, 0.1) is 5.41 Å². The normalized spacial score (nSPS) is 10.4. The summed E-state index contributed by atoms with van der Waals surface area (Å²) in [6, 6.07) is -1.87. The van der Waals surface area contributed by atoms with Crippen molar-refractivity contribution in [3.05, 3.63) is 48.6 Å². The standard InChI is InChI=1S/C33H54N8O11/c1-22(2)26(42)49-13-9-34-21-35-17-33(18-39-30(46)36-10-14-50-27(43)23(3)4,19-40-31(47)37-11-15-51-28(44)24(5)6)20-41-32(48)38-12-16-52-29(45)25(7)8/h34-35H,1,3,5,7,9-21H2,2,4,6,8H3,(H2,36,39,46)(H2,37,40,47)(H2,38,41,48). The van der Waals surface area contributed by atoms with Gasteiger partial charge in [-0.2, -0.15) is 0 Å². The molecule has 0 rings (SSSR count). The Labute approximate surface area is 304 Å². The molecule has 0 radical (unpaired) electrons. The summed E-state index contributed by atoms with van der Waals surface area (Å²) >= 11 is 0. The van der Waals surface area contributed by atoms with Gasteiger partial charge in [-0.25, -0.2) is 33.6 Å². The molecule has 0 fully saturated rings. The van der Waals surface area contributed by atoms with E-state index in [4.69, 9.17) is 18.9 Å². The Bertz CT molecular complexity index is 1180. The first-order valence-electron chi connectivity index (χ1n) is 16.3. The quantitative estimate of drug-likeness (QED) is 0.0183. The Hall–Kier alpha value is -5.43. The van der Waals surface area contributed by atoms with Gasteiger partial charge in [0.2, 0.25) is 0 Å². The van der Waals surface area contributed by atoms with Crippen molar-refractivity contribution in [2.24, 2.45) is 5.41 Å². The second kappa shape index (κ2) is 26.4. The van der Waals surface area contributed by atoms with Crippen molar-refractivity contribution in [1.82, 2.24) is 42.5 Å². The molecule has 0 unspecified atom stereocenters. The Kier molecular flexibility index (Phi) is 23.6. The molecule has 6 amide bonds. The molecular formula is C33H54N8O11. The van der Waals surface area contributed by atoms with E-state index in [-0.39, 0.29) is 101 Å². The zero-order valence-electron chi connectivity index (χ0n) is 30.5. The summed E-state index contributed by atoms with van der Waals surface area (Å²) in [5, 5.41) is 22.0. The van der Waals surface area contributed by atoms with Crippen LogP contribution in [0.4, 0.5) is 14.4 Å². The van der Waals surface area contributed by atoms with Gasteiger partial charge in [0.15, 0.2) is 0 Å². The van der Waals surface area contributed by atoms with Crippen molar-refractivity contribution in [3.8, 4) is 0 Å². The third kappa shape index (κ3) is 23.1. The van der Waals surface area contributed by atoms with Crippen molar-refractivity contribution >= 4 is 42.0 Å². The van der Waals surface area contributed by atoms with Crippen LogP contribution in [0.1, 0.15) is 27.7 Å². The van der Waals surface area contributed by atoms with Gasteiger partial charge in [0.05, 0.1) is 19.6 Å². The summed E-state index contributed by atoms with van der Waals surface area (Å²) in [4.78, 5) is 84.5. The highest BCUT2D eigenvalue weighted by atomic mass is 16.5. The predicted molar refractivity (Wildman–Crippen MR) is 191 cm³/mol. The van der Waals surface area contributed by atoms with Gasteiger partial charge >= 0.3 is 42.0 Å². The minimum atomic E-state index is -1.08. The van der Waals surface area contributed by atoms with E-state index < -0.39 is 47.4 Å². The maximum absolute atomic E-state index is 12.7. The van der Waals surface area contributed by atoms with Crippen molar-refractivity contribution < 1.29 is 52.5 Å². The lowest BCUT2D eigenvalue weighted by atomic mass is 9.87. The van der Waals surface area contributed by atoms with Crippen LogP contribution in [0.3, 0.4) is 0 Å². The largest absolute Gasteiger partial charge is 0.461 e. The van der Waals surface area contributed by atoms with Crippen molar-refractivity contribution in [2.75, 3.05) is 85.5 Å². The van der Waals surface area contributed by atoms with Crippen LogP contribution in [0.5, 0.6) is 0 Å². The zero-order valence-corrected chi connectivity index (χ0v) is 30.5. The lowest BCUT2D eigenvalue weighted by molar-refractivity contribution is -0.139. The molecule has 0 aliphatic rings. The molecule has 0 aromatic heterocycles. The summed E-state index contributed by atoms with van der Waals surface area (Å²) < 4.78 is 20.0. The lowest BCUT2D eigenvalue weighted by Gasteiger charge is -2.35.